The van der Waals surface area contributed by atoms with E-state index in [1.54, 1.807) is 0 Å². The molecule has 0 fully saturated rings. The number of esters is 1. The van der Waals surface area contributed by atoms with Crippen molar-refractivity contribution in [3.05, 3.63) is 40.3 Å². The van der Waals surface area contributed by atoms with Gasteiger partial charge in [0.2, 0.25) is 11.8 Å². The largest absolute Gasteiger partial charge is 0.465 e. The zero-order chi connectivity index (χ0) is 20.0. The van der Waals surface area contributed by atoms with Gasteiger partial charge in [-0.1, -0.05) is 12.1 Å². The SMILES string of the molecule is COC(=O)c1c(NC(=O)CNc2ccccc2SCC(N)=O)sc(C)c1C. The predicted molar refractivity (Wildman–Crippen MR) is 109 cm³/mol. The minimum atomic E-state index is -0.478. The summed E-state index contributed by atoms with van der Waals surface area (Å²) in [4.78, 5) is 37.1. The van der Waals surface area contributed by atoms with Crippen molar-refractivity contribution in [3.63, 3.8) is 0 Å². The van der Waals surface area contributed by atoms with Crippen molar-refractivity contribution in [2.45, 2.75) is 18.7 Å². The van der Waals surface area contributed by atoms with Gasteiger partial charge in [0.05, 0.1) is 25.0 Å². The molecule has 4 N–H and O–H groups in total. The van der Waals surface area contributed by atoms with Crippen LogP contribution < -0.4 is 16.4 Å². The lowest BCUT2D eigenvalue weighted by Crippen LogP contribution is -2.22. The van der Waals surface area contributed by atoms with Crippen molar-refractivity contribution >= 4 is 51.6 Å². The normalized spacial score (nSPS) is 10.3. The van der Waals surface area contributed by atoms with Gasteiger partial charge in [-0.15, -0.1) is 23.1 Å². The fourth-order valence-electron chi connectivity index (χ4n) is 2.30. The average molecular weight is 408 g/mol. The first kappa shape index (κ1) is 20.8. The highest BCUT2D eigenvalue weighted by Gasteiger charge is 2.21. The molecule has 1 aromatic carbocycles. The molecule has 0 atom stereocenters. The van der Waals surface area contributed by atoms with Gasteiger partial charge in [0.15, 0.2) is 0 Å². The first-order chi connectivity index (χ1) is 12.8. The first-order valence-corrected chi connectivity index (χ1v) is 9.85. The molecular weight excluding hydrogens is 386 g/mol. The van der Waals surface area contributed by atoms with Gasteiger partial charge >= 0.3 is 5.97 Å². The summed E-state index contributed by atoms with van der Waals surface area (Å²) < 4.78 is 4.80. The third kappa shape index (κ3) is 5.48. The summed E-state index contributed by atoms with van der Waals surface area (Å²) >= 11 is 2.63. The van der Waals surface area contributed by atoms with Gasteiger partial charge in [-0.3, -0.25) is 9.59 Å². The zero-order valence-corrected chi connectivity index (χ0v) is 16.9. The van der Waals surface area contributed by atoms with Gasteiger partial charge in [0, 0.05) is 15.5 Å². The molecule has 0 unspecified atom stereocenters. The number of thioether (sulfide) groups is 1. The molecule has 9 heteroatoms. The summed E-state index contributed by atoms with van der Waals surface area (Å²) in [5.41, 5.74) is 7.08. The number of benzene rings is 1. The Morgan fingerprint density at radius 2 is 1.93 bits per heavy atom. The number of nitrogens with two attached hydrogens (primary N) is 1. The molecule has 0 aliphatic carbocycles. The number of amides is 2. The summed E-state index contributed by atoms with van der Waals surface area (Å²) in [7, 11) is 1.31. The Bertz CT molecular complexity index is 864. The van der Waals surface area contributed by atoms with Crippen molar-refractivity contribution in [2.75, 3.05) is 30.0 Å². The molecule has 27 heavy (non-hydrogen) atoms. The number of carbonyl (C=O) groups is 3. The maximum absolute atomic E-state index is 12.3. The lowest BCUT2D eigenvalue weighted by Gasteiger charge is -2.11. The van der Waals surface area contributed by atoms with Crippen LogP contribution in [0.15, 0.2) is 29.2 Å². The van der Waals surface area contributed by atoms with Crippen LogP contribution in [-0.4, -0.2) is 37.2 Å². The van der Waals surface area contributed by atoms with Crippen LogP contribution in [0.3, 0.4) is 0 Å². The van der Waals surface area contributed by atoms with Gasteiger partial charge in [-0.25, -0.2) is 4.79 Å². The van der Waals surface area contributed by atoms with Crippen LogP contribution in [0.4, 0.5) is 10.7 Å². The van der Waals surface area contributed by atoms with E-state index in [4.69, 9.17) is 10.5 Å². The number of anilines is 2. The average Bonchev–Trinajstić information content (AvgIpc) is 2.91. The van der Waals surface area contributed by atoms with E-state index in [1.165, 1.54) is 30.2 Å². The van der Waals surface area contributed by atoms with Crippen molar-refractivity contribution in [1.82, 2.24) is 0 Å². The molecule has 0 saturated carbocycles. The number of carbonyl (C=O) groups excluding carboxylic acids is 3. The first-order valence-electron chi connectivity index (χ1n) is 8.05. The second kappa shape index (κ2) is 9.43. The molecule has 2 aromatic rings. The number of ether oxygens (including phenoxy) is 1. The van der Waals surface area contributed by atoms with Gasteiger partial charge in [-0.2, -0.15) is 0 Å². The smallest absolute Gasteiger partial charge is 0.341 e. The van der Waals surface area contributed by atoms with E-state index in [2.05, 4.69) is 10.6 Å². The Labute approximate surface area is 165 Å². The van der Waals surface area contributed by atoms with Crippen LogP contribution in [-0.2, 0) is 14.3 Å². The molecule has 0 bridgehead atoms. The highest BCUT2D eigenvalue weighted by molar-refractivity contribution is 8.00. The minimum Gasteiger partial charge on any atom is -0.465 e. The van der Waals surface area contributed by atoms with Crippen LogP contribution in [0.2, 0.25) is 0 Å². The quantitative estimate of drug-likeness (QED) is 0.458. The van der Waals surface area contributed by atoms with E-state index in [9.17, 15) is 14.4 Å². The highest BCUT2D eigenvalue weighted by atomic mass is 32.2. The van der Waals surface area contributed by atoms with E-state index >= 15 is 0 Å². The molecule has 144 valence electrons. The summed E-state index contributed by atoms with van der Waals surface area (Å²) in [6.07, 6.45) is 0. The van der Waals surface area contributed by atoms with Gasteiger partial charge < -0.3 is 21.1 Å². The Kier molecular flexibility index (Phi) is 7.26. The van der Waals surface area contributed by atoms with Crippen molar-refractivity contribution < 1.29 is 19.1 Å². The molecule has 0 aliphatic heterocycles. The lowest BCUT2D eigenvalue weighted by atomic mass is 10.1. The van der Waals surface area contributed by atoms with Gasteiger partial charge in [-0.05, 0) is 31.5 Å². The number of hydrogen-bond donors (Lipinski definition) is 3. The molecule has 0 spiro atoms. The number of para-hydroxylation sites is 1. The number of rotatable bonds is 8. The Morgan fingerprint density at radius 1 is 1.22 bits per heavy atom. The third-order valence-electron chi connectivity index (χ3n) is 3.72. The fraction of sp³-hybridized carbons (Fsp3) is 0.278. The van der Waals surface area contributed by atoms with E-state index in [0.29, 0.717) is 10.6 Å². The lowest BCUT2D eigenvalue weighted by molar-refractivity contribution is -0.116. The summed E-state index contributed by atoms with van der Waals surface area (Å²) in [6.45, 7) is 3.70. The second-order valence-electron chi connectivity index (χ2n) is 5.63. The standard InChI is InChI=1S/C18H21N3O4S2/c1-10-11(2)27-17(16(10)18(24)25-3)21-15(23)8-20-12-6-4-5-7-13(12)26-9-14(19)22/h4-7,20H,8-9H2,1-3H3,(H2,19,22)(H,21,23). The van der Waals surface area contributed by atoms with E-state index in [-0.39, 0.29) is 18.2 Å². The molecule has 2 amide bonds. The topological polar surface area (TPSA) is 111 Å². The highest BCUT2D eigenvalue weighted by Crippen LogP contribution is 2.33. The second-order valence-corrected chi connectivity index (χ2v) is 7.87. The van der Waals surface area contributed by atoms with Crippen LogP contribution in [0.5, 0.6) is 0 Å². The molecule has 1 heterocycles. The van der Waals surface area contributed by atoms with Crippen LogP contribution in [0.1, 0.15) is 20.8 Å². The number of primary amides is 1. The van der Waals surface area contributed by atoms with Crippen LogP contribution >= 0.6 is 23.1 Å². The van der Waals surface area contributed by atoms with Crippen molar-refractivity contribution in [1.29, 1.82) is 0 Å². The molecule has 0 radical (unpaired) electrons. The van der Waals surface area contributed by atoms with E-state index < -0.39 is 11.9 Å². The Balaban J connectivity index is 2.05. The van der Waals surface area contributed by atoms with Gasteiger partial charge in [0.1, 0.15) is 5.00 Å². The Morgan fingerprint density at radius 3 is 2.59 bits per heavy atom. The summed E-state index contributed by atoms with van der Waals surface area (Å²) in [6, 6.07) is 7.33. The zero-order valence-electron chi connectivity index (χ0n) is 15.3. The maximum Gasteiger partial charge on any atom is 0.341 e. The molecule has 0 aliphatic rings. The predicted octanol–water partition coefficient (Wildman–Crippen LogP) is 2.78. The number of nitrogens with one attached hydrogen (secondary N) is 2. The molecule has 0 saturated heterocycles. The molecule has 1 aromatic heterocycles. The number of hydrogen-bond acceptors (Lipinski definition) is 7. The van der Waals surface area contributed by atoms with Crippen molar-refractivity contribution in [2.24, 2.45) is 5.73 Å². The van der Waals surface area contributed by atoms with Gasteiger partial charge in [0.25, 0.3) is 0 Å². The van der Waals surface area contributed by atoms with Crippen LogP contribution in [0, 0.1) is 13.8 Å². The maximum atomic E-state index is 12.3. The summed E-state index contributed by atoms with van der Waals surface area (Å²) in [5.74, 6) is -1.03. The third-order valence-corrected chi connectivity index (χ3v) is 5.94. The number of methoxy groups -OCH3 is 1. The Hall–Kier alpha value is -2.52. The molecule has 7 nitrogen and oxygen atoms in total. The van der Waals surface area contributed by atoms with E-state index in [0.717, 1.165) is 21.0 Å². The molecule has 2 rings (SSSR count). The molecular formula is C18H21N3O4S2. The fourth-order valence-corrected chi connectivity index (χ4v) is 4.13. The van der Waals surface area contributed by atoms with E-state index in [1.807, 2.05) is 38.1 Å². The monoisotopic (exact) mass is 407 g/mol. The number of thiophene rings is 1. The summed E-state index contributed by atoms with van der Waals surface area (Å²) in [5, 5.41) is 6.28. The minimum absolute atomic E-state index is 0.00471. The van der Waals surface area contributed by atoms with Crippen molar-refractivity contribution in [3.8, 4) is 0 Å². The van der Waals surface area contributed by atoms with Crippen LogP contribution in [0.25, 0.3) is 0 Å². The number of aryl methyl sites for hydroxylation is 1.